The summed E-state index contributed by atoms with van der Waals surface area (Å²) in [5, 5.41) is 0. The zero-order valence-corrected chi connectivity index (χ0v) is 14.2. The van der Waals surface area contributed by atoms with Crippen LogP contribution in [0.5, 0.6) is 5.75 Å². The summed E-state index contributed by atoms with van der Waals surface area (Å²) in [4.78, 5) is 0. The normalized spacial score (nSPS) is 21.3. The highest BCUT2D eigenvalue weighted by Crippen LogP contribution is 2.41. The fraction of sp³-hybridized carbons (Fsp3) is 0.684. The molecule has 1 aliphatic heterocycles. The predicted molar refractivity (Wildman–Crippen MR) is 87.7 cm³/mol. The van der Waals surface area contributed by atoms with Crippen LogP contribution in [-0.4, -0.2) is 12.9 Å². The summed E-state index contributed by atoms with van der Waals surface area (Å²) in [6.07, 6.45) is 3.28. The third-order valence-corrected chi connectivity index (χ3v) is 4.22. The molecule has 21 heavy (non-hydrogen) atoms. The minimum atomic E-state index is -0.0684. The Kier molecular flexibility index (Phi) is 5.32. The van der Waals surface area contributed by atoms with E-state index >= 15 is 0 Å². The Morgan fingerprint density at radius 1 is 1.19 bits per heavy atom. The molecular formula is C19H30O2. The first kappa shape index (κ1) is 16.4. The van der Waals surface area contributed by atoms with Crippen LogP contribution in [0.3, 0.4) is 0 Å². The van der Waals surface area contributed by atoms with Crippen molar-refractivity contribution in [1.82, 2.24) is 0 Å². The van der Waals surface area contributed by atoms with Gasteiger partial charge in [0.05, 0.1) is 6.61 Å². The highest BCUT2D eigenvalue weighted by Gasteiger charge is 2.29. The summed E-state index contributed by atoms with van der Waals surface area (Å²) < 4.78 is 11.7. The first-order valence-corrected chi connectivity index (χ1v) is 8.26. The van der Waals surface area contributed by atoms with Crippen LogP contribution in [0.15, 0.2) is 24.3 Å². The lowest BCUT2D eigenvalue weighted by Crippen LogP contribution is -2.25. The molecule has 0 saturated carbocycles. The van der Waals surface area contributed by atoms with Crippen molar-refractivity contribution in [3.05, 3.63) is 29.8 Å². The SMILES string of the molecule is CC(C)C(c1cccc(OC2CCCCO2)c1)C(C)(C)C. The van der Waals surface area contributed by atoms with Crippen LogP contribution in [0.4, 0.5) is 0 Å². The quantitative estimate of drug-likeness (QED) is 0.741. The average Bonchev–Trinajstić information content (AvgIpc) is 2.38. The molecule has 2 heteroatoms. The van der Waals surface area contributed by atoms with Crippen molar-refractivity contribution in [2.45, 2.75) is 66.1 Å². The zero-order chi connectivity index (χ0) is 15.5. The molecule has 2 rings (SSSR count). The van der Waals surface area contributed by atoms with Gasteiger partial charge in [-0.25, -0.2) is 0 Å². The molecule has 1 saturated heterocycles. The summed E-state index contributed by atoms with van der Waals surface area (Å²) in [5.41, 5.74) is 1.61. The van der Waals surface area contributed by atoms with Crippen molar-refractivity contribution in [3.8, 4) is 5.75 Å². The fourth-order valence-electron chi connectivity index (χ4n) is 3.62. The maximum absolute atomic E-state index is 6.02. The van der Waals surface area contributed by atoms with Crippen LogP contribution in [-0.2, 0) is 4.74 Å². The number of rotatable bonds is 4. The van der Waals surface area contributed by atoms with Crippen molar-refractivity contribution in [2.24, 2.45) is 11.3 Å². The Balaban J connectivity index is 2.15. The third kappa shape index (κ3) is 4.47. The number of ether oxygens (including phenoxy) is 2. The predicted octanol–water partition coefficient (Wildman–Crippen LogP) is 5.38. The summed E-state index contributed by atoms with van der Waals surface area (Å²) in [5.74, 6) is 2.06. The molecule has 2 unspecified atom stereocenters. The lowest BCUT2D eigenvalue weighted by molar-refractivity contribution is -0.105. The molecule has 0 spiro atoms. The van der Waals surface area contributed by atoms with Crippen molar-refractivity contribution >= 4 is 0 Å². The van der Waals surface area contributed by atoms with Gasteiger partial charge in [0, 0.05) is 6.42 Å². The second kappa shape index (κ2) is 6.83. The maximum Gasteiger partial charge on any atom is 0.199 e. The Morgan fingerprint density at radius 3 is 2.52 bits per heavy atom. The topological polar surface area (TPSA) is 18.5 Å². The van der Waals surface area contributed by atoms with E-state index in [1.165, 1.54) is 12.0 Å². The third-order valence-electron chi connectivity index (χ3n) is 4.22. The van der Waals surface area contributed by atoms with Crippen molar-refractivity contribution < 1.29 is 9.47 Å². The molecule has 1 aliphatic rings. The van der Waals surface area contributed by atoms with E-state index in [0.29, 0.717) is 11.8 Å². The molecule has 0 amide bonds. The van der Waals surface area contributed by atoms with Gasteiger partial charge in [-0.15, -0.1) is 0 Å². The molecule has 1 aromatic rings. The largest absolute Gasteiger partial charge is 0.465 e. The standard InChI is InChI=1S/C19H30O2/c1-14(2)18(19(3,4)5)15-9-8-10-16(13-15)21-17-11-6-7-12-20-17/h8-10,13-14,17-18H,6-7,11-12H2,1-5H3. The fourth-order valence-corrected chi connectivity index (χ4v) is 3.62. The van der Waals surface area contributed by atoms with Gasteiger partial charge in [0.15, 0.2) is 6.29 Å². The maximum atomic E-state index is 6.02. The Bertz CT molecular complexity index is 439. The number of hydrogen-bond donors (Lipinski definition) is 0. The van der Waals surface area contributed by atoms with Crippen LogP contribution in [0.2, 0.25) is 0 Å². The minimum absolute atomic E-state index is 0.0684. The Hall–Kier alpha value is -1.02. The van der Waals surface area contributed by atoms with Crippen LogP contribution in [0.25, 0.3) is 0 Å². The van der Waals surface area contributed by atoms with E-state index in [-0.39, 0.29) is 11.7 Å². The monoisotopic (exact) mass is 290 g/mol. The summed E-state index contributed by atoms with van der Waals surface area (Å²) >= 11 is 0. The van der Waals surface area contributed by atoms with E-state index < -0.39 is 0 Å². The van der Waals surface area contributed by atoms with Gasteiger partial charge in [-0.05, 0) is 47.8 Å². The number of hydrogen-bond acceptors (Lipinski definition) is 2. The number of benzene rings is 1. The van der Waals surface area contributed by atoms with E-state index in [2.05, 4.69) is 52.8 Å². The van der Waals surface area contributed by atoms with Gasteiger partial charge < -0.3 is 9.47 Å². The smallest absolute Gasteiger partial charge is 0.199 e. The van der Waals surface area contributed by atoms with Crippen LogP contribution in [0.1, 0.15) is 65.4 Å². The lowest BCUT2D eigenvalue weighted by Gasteiger charge is -2.35. The van der Waals surface area contributed by atoms with Gasteiger partial charge in [0.1, 0.15) is 5.75 Å². The second-order valence-electron chi connectivity index (χ2n) is 7.57. The first-order valence-electron chi connectivity index (χ1n) is 8.26. The molecule has 1 fully saturated rings. The van der Waals surface area contributed by atoms with Crippen LogP contribution in [0, 0.1) is 11.3 Å². The van der Waals surface area contributed by atoms with E-state index in [4.69, 9.17) is 9.47 Å². The Morgan fingerprint density at radius 2 is 1.95 bits per heavy atom. The van der Waals surface area contributed by atoms with Crippen molar-refractivity contribution in [3.63, 3.8) is 0 Å². The molecule has 0 radical (unpaired) electrons. The molecule has 118 valence electrons. The molecule has 0 aliphatic carbocycles. The molecule has 1 aromatic carbocycles. The zero-order valence-electron chi connectivity index (χ0n) is 14.2. The second-order valence-corrected chi connectivity index (χ2v) is 7.57. The van der Waals surface area contributed by atoms with E-state index in [0.717, 1.165) is 25.2 Å². The van der Waals surface area contributed by atoms with Gasteiger partial charge in [-0.2, -0.15) is 0 Å². The van der Waals surface area contributed by atoms with Crippen molar-refractivity contribution in [2.75, 3.05) is 6.61 Å². The molecule has 2 atom stereocenters. The van der Waals surface area contributed by atoms with E-state index in [9.17, 15) is 0 Å². The highest BCUT2D eigenvalue weighted by atomic mass is 16.7. The molecule has 2 nitrogen and oxygen atoms in total. The van der Waals surface area contributed by atoms with Gasteiger partial charge >= 0.3 is 0 Å². The lowest BCUT2D eigenvalue weighted by atomic mass is 9.70. The summed E-state index contributed by atoms with van der Waals surface area (Å²) in [7, 11) is 0. The van der Waals surface area contributed by atoms with E-state index in [1.807, 2.05) is 6.07 Å². The van der Waals surface area contributed by atoms with Crippen LogP contribution >= 0.6 is 0 Å². The van der Waals surface area contributed by atoms with Gasteiger partial charge in [0.2, 0.25) is 0 Å². The van der Waals surface area contributed by atoms with Gasteiger partial charge in [-0.1, -0.05) is 46.8 Å². The highest BCUT2D eigenvalue weighted by molar-refractivity contribution is 5.32. The molecule has 0 bridgehead atoms. The molecular weight excluding hydrogens is 260 g/mol. The van der Waals surface area contributed by atoms with Crippen LogP contribution < -0.4 is 4.74 Å². The average molecular weight is 290 g/mol. The molecule has 0 N–H and O–H groups in total. The molecule has 1 heterocycles. The summed E-state index contributed by atoms with van der Waals surface area (Å²) in [6, 6.07) is 8.58. The minimum Gasteiger partial charge on any atom is -0.465 e. The van der Waals surface area contributed by atoms with Crippen molar-refractivity contribution in [1.29, 1.82) is 0 Å². The first-order chi connectivity index (χ1) is 9.88. The Labute approximate surface area is 129 Å². The van der Waals surface area contributed by atoms with Gasteiger partial charge in [0.25, 0.3) is 0 Å². The van der Waals surface area contributed by atoms with E-state index in [1.54, 1.807) is 0 Å². The van der Waals surface area contributed by atoms with Gasteiger partial charge in [-0.3, -0.25) is 0 Å². The summed E-state index contributed by atoms with van der Waals surface area (Å²) in [6.45, 7) is 12.4. The molecule has 0 aromatic heterocycles.